The predicted molar refractivity (Wildman–Crippen MR) is 94.3 cm³/mol. The van der Waals surface area contributed by atoms with Crippen molar-refractivity contribution in [1.29, 1.82) is 0 Å². The number of phenols is 1. The standard InChI is InChI=1S/C18H25N3O3/c22-15-3-1-13(14-2-4-17(24)21-18(14)15)16(23)11-20-10-7-12-5-8-19-9-6-12/h1-4,12,16,19-20,22-23H,5-11H2,(H,21,24)/t16-/m0/s1. The molecule has 0 unspecified atom stereocenters. The highest BCUT2D eigenvalue weighted by Crippen LogP contribution is 2.28. The van der Waals surface area contributed by atoms with Crippen LogP contribution in [0.5, 0.6) is 5.75 Å². The van der Waals surface area contributed by atoms with Gasteiger partial charge in [0.25, 0.3) is 0 Å². The average molecular weight is 331 g/mol. The fourth-order valence-corrected chi connectivity index (χ4v) is 3.37. The van der Waals surface area contributed by atoms with Gasteiger partial charge in [-0.2, -0.15) is 0 Å². The summed E-state index contributed by atoms with van der Waals surface area (Å²) in [6.45, 7) is 3.54. The Bertz CT molecular complexity index is 738. The van der Waals surface area contributed by atoms with Crippen LogP contribution in [-0.2, 0) is 0 Å². The van der Waals surface area contributed by atoms with E-state index in [9.17, 15) is 15.0 Å². The minimum atomic E-state index is -0.688. The summed E-state index contributed by atoms with van der Waals surface area (Å²) in [5.41, 5.74) is 0.798. The van der Waals surface area contributed by atoms with Gasteiger partial charge in [0.1, 0.15) is 5.75 Å². The Balaban J connectivity index is 1.60. The first-order valence-electron chi connectivity index (χ1n) is 8.59. The van der Waals surface area contributed by atoms with Crippen molar-refractivity contribution >= 4 is 10.9 Å². The minimum absolute atomic E-state index is 0.0116. The third-order valence-electron chi connectivity index (χ3n) is 4.79. The Hall–Kier alpha value is -1.89. The Morgan fingerprint density at radius 3 is 2.79 bits per heavy atom. The number of aliphatic hydroxyl groups excluding tert-OH is 1. The van der Waals surface area contributed by atoms with Gasteiger partial charge in [0.15, 0.2) is 0 Å². The smallest absolute Gasteiger partial charge is 0.248 e. The third-order valence-corrected chi connectivity index (χ3v) is 4.79. The number of pyridine rings is 1. The Labute approximate surface area is 140 Å². The van der Waals surface area contributed by atoms with Gasteiger partial charge in [-0.3, -0.25) is 4.79 Å². The third kappa shape index (κ3) is 3.95. The zero-order valence-electron chi connectivity index (χ0n) is 13.7. The highest BCUT2D eigenvalue weighted by Gasteiger charge is 2.15. The van der Waals surface area contributed by atoms with E-state index in [1.54, 1.807) is 12.1 Å². The molecule has 1 aliphatic rings. The number of aromatic hydroxyl groups is 1. The van der Waals surface area contributed by atoms with Gasteiger partial charge in [0, 0.05) is 18.0 Å². The van der Waals surface area contributed by atoms with Gasteiger partial charge >= 0.3 is 0 Å². The number of rotatable bonds is 6. The van der Waals surface area contributed by atoms with Gasteiger partial charge in [-0.1, -0.05) is 6.07 Å². The van der Waals surface area contributed by atoms with Crippen LogP contribution in [0.1, 0.15) is 30.9 Å². The van der Waals surface area contributed by atoms with Crippen molar-refractivity contribution in [3.05, 3.63) is 40.2 Å². The molecule has 0 bridgehead atoms. The second-order valence-corrected chi connectivity index (χ2v) is 6.49. The molecule has 0 radical (unpaired) electrons. The number of hydrogen-bond donors (Lipinski definition) is 5. The number of aliphatic hydroxyl groups is 1. The first-order valence-corrected chi connectivity index (χ1v) is 8.59. The molecule has 0 amide bonds. The maximum Gasteiger partial charge on any atom is 0.248 e. The van der Waals surface area contributed by atoms with Crippen LogP contribution in [0.15, 0.2) is 29.1 Å². The lowest BCUT2D eigenvalue weighted by Crippen LogP contribution is -2.30. The molecule has 6 nitrogen and oxygen atoms in total. The number of aromatic nitrogens is 1. The fraction of sp³-hybridized carbons (Fsp3) is 0.500. The Morgan fingerprint density at radius 2 is 2.00 bits per heavy atom. The van der Waals surface area contributed by atoms with Crippen molar-refractivity contribution in [3.63, 3.8) is 0 Å². The number of fused-ring (bicyclic) bond motifs is 1. The van der Waals surface area contributed by atoms with Crippen LogP contribution in [0.3, 0.4) is 0 Å². The molecular weight excluding hydrogens is 306 g/mol. The second-order valence-electron chi connectivity index (χ2n) is 6.49. The number of benzene rings is 1. The van der Waals surface area contributed by atoms with Crippen LogP contribution >= 0.6 is 0 Å². The molecule has 0 spiro atoms. The first kappa shape index (κ1) is 17.0. The van der Waals surface area contributed by atoms with E-state index < -0.39 is 6.10 Å². The normalized spacial score (nSPS) is 17.2. The van der Waals surface area contributed by atoms with E-state index >= 15 is 0 Å². The number of aromatic amines is 1. The molecule has 6 heteroatoms. The molecule has 5 N–H and O–H groups in total. The van der Waals surface area contributed by atoms with Crippen LogP contribution in [0, 0.1) is 5.92 Å². The molecular formula is C18H25N3O3. The summed E-state index contributed by atoms with van der Waals surface area (Å²) in [6, 6.07) is 6.25. The van der Waals surface area contributed by atoms with E-state index in [2.05, 4.69) is 15.6 Å². The van der Waals surface area contributed by atoms with Crippen molar-refractivity contribution in [3.8, 4) is 5.75 Å². The molecule has 1 fully saturated rings. The lowest BCUT2D eigenvalue weighted by atomic mass is 9.95. The fourth-order valence-electron chi connectivity index (χ4n) is 3.37. The molecule has 1 saturated heterocycles. The largest absolute Gasteiger partial charge is 0.506 e. The van der Waals surface area contributed by atoms with Crippen molar-refractivity contribution in [2.75, 3.05) is 26.2 Å². The van der Waals surface area contributed by atoms with E-state index in [1.165, 1.54) is 25.0 Å². The van der Waals surface area contributed by atoms with Crippen LogP contribution in [0.2, 0.25) is 0 Å². The van der Waals surface area contributed by atoms with E-state index in [-0.39, 0.29) is 11.3 Å². The number of piperidine rings is 1. The quantitative estimate of drug-likeness (QED) is 0.513. The highest BCUT2D eigenvalue weighted by molar-refractivity contribution is 5.87. The minimum Gasteiger partial charge on any atom is -0.506 e. The first-order chi connectivity index (χ1) is 11.6. The molecule has 1 atom stereocenters. The predicted octanol–water partition coefficient (Wildman–Crippen LogP) is 1.25. The number of nitrogens with one attached hydrogen (secondary N) is 3. The number of phenolic OH excluding ortho intramolecular Hbond substituents is 1. The van der Waals surface area contributed by atoms with Crippen LogP contribution in [0.25, 0.3) is 10.9 Å². The summed E-state index contributed by atoms with van der Waals surface area (Å²) < 4.78 is 0. The monoisotopic (exact) mass is 331 g/mol. The van der Waals surface area contributed by atoms with E-state index in [0.717, 1.165) is 32.0 Å². The van der Waals surface area contributed by atoms with Gasteiger partial charge in [0.2, 0.25) is 5.56 Å². The number of H-pyrrole nitrogens is 1. The zero-order chi connectivity index (χ0) is 16.9. The topological polar surface area (TPSA) is 97.4 Å². The van der Waals surface area contributed by atoms with Crippen molar-refractivity contribution in [1.82, 2.24) is 15.6 Å². The molecule has 24 heavy (non-hydrogen) atoms. The summed E-state index contributed by atoms with van der Waals surface area (Å²) in [5, 5.41) is 27.7. The van der Waals surface area contributed by atoms with Gasteiger partial charge in [-0.15, -0.1) is 0 Å². The van der Waals surface area contributed by atoms with E-state index in [4.69, 9.17) is 0 Å². The summed E-state index contributed by atoms with van der Waals surface area (Å²) in [6.07, 6.45) is 2.88. The summed E-state index contributed by atoms with van der Waals surface area (Å²) in [7, 11) is 0. The van der Waals surface area contributed by atoms with Crippen molar-refractivity contribution in [2.24, 2.45) is 5.92 Å². The zero-order valence-corrected chi connectivity index (χ0v) is 13.7. The molecule has 2 heterocycles. The van der Waals surface area contributed by atoms with Gasteiger partial charge in [0.05, 0.1) is 11.6 Å². The van der Waals surface area contributed by atoms with E-state index in [1.807, 2.05) is 0 Å². The second kappa shape index (κ2) is 7.79. The molecule has 1 aromatic heterocycles. The van der Waals surface area contributed by atoms with Crippen LogP contribution in [0.4, 0.5) is 0 Å². The Morgan fingerprint density at radius 1 is 1.21 bits per heavy atom. The molecule has 3 rings (SSSR count). The van der Waals surface area contributed by atoms with Crippen LogP contribution in [-0.4, -0.2) is 41.4 Å². The maximum atomic E-state index is 11.4. The lowest BCUT2D eigenvalue weighted by molar-refractivity contribution is 0.175. The molecule has 2 aromatic rings. The molecule has 1 aromatic carbocycles. The summed E-state index contributed by atoms with van der Waals surface area (Å²) >= 11 is 0. The lowest BCUT2D eigenvalue weighted by Gasteiger charge is -2.23. The van der Waals surface area contributed by atoms with E-state index in [0.29, 0.717) is 23.0 Å². The Kier molecular flexibility index (Phi) is 5.50. The summed E-state index contributed by atoms with van der Waals surface area (Å²) in [5.74, 6) is 0.771. The van der Waals surface area contributed by atoms with Gasteiger partial charge in [-0.05, 0) is 62.5 Å². The molecule has 1 aliphatic heterocycles. The molecule has 130 valence electrons. The molecule has 0 saturated carbocycles. The summed E-state index contributed by atoms with van der Waals surface area (Å²) in [4.78, 5) is 14.1. The van der Waals surface area contributed by atoms with Crippen molar-refractivity contribution in [2.45, 2.75) is 25.4 Å². The SMILES string of the molecule is O=c1ccc2c([C@@H](O)CNCCC3CCNCC3)ccc(O)c2[nH]1. The van der Waals surface area contributed by atoms with Crippen molar-refractivity contribution < 1.29 is 10.2 Å². The average Bonchev–Trinajstić information content (AvgIpc) is 2.60. The number of hydrogen-bond acceptors (Lipinski definition) is 5. The maximum absolute atomic E-state index is 11.4. The van der Waals surface area contributed by atoms with Gasteiger partial charge in [-0.25, -0.2) is 0 Å². The highest BCUT2D eigenvalue weighted by atomic mass is 16.3. The molecule has 0 aliphatic carbocycles. The van der Waals surface area contributed by atoms with Gasteiger partial charge < -0.3 is 25.8 Å². The van der Waals surface area contributed by atoms with Crippen LogP contribution < -0.4 is 16.2 Å².